The molecule has 0 aromatic heterocycles. The van der Waals surface area contributed by atoms with Crippen LogP contribution in [0.25, 0.3) is 0 Å². The molecule has 0 N–H and O–H groups in total. The molecule has 100 valence electrons. The fourth-order valence-electron chi connectivity index (χ4n) is 3.35. The summed E-state index contributed by atoms with van der Waals surface area (Å²) in [4.78, 5) is 0. The average molecular weight is 256 g/mol. The lowest BCUT2D eigenvalue weighted by Gasteiger charge is -2.40. The van der Waals surface area contributed by atoms with Crippen molar-refractivity contribution in [3.63, 3.8) is 0 Å². The Morgan fingerprint density at radius 2 is 1.71 bits per heavy atom. The van der Waals surface area contributed by atoms with Gasteiger partial charge in [0.2, 0.25) is 0 Å². The van der Waals surface area contributed by atoms with Crippen LogP contribution < -0.4 is 0 Å². The molecule has 0 spiro atoms. The predicted molar refractivity (Wildman–Crippen MR) is 73.4 cm³/mol. The monoisotopic (exact) mass is 256 g/mol. The van der Waals surface area contributed by atoms with Crippen LogP contribution in [0.15, 0.2) is 0 Å². The summed E-state index contributed by atoms with van der Waals surface area (Å²) in [5, 5.41) is 0. The molecule has 0 amide bonds. The zero-order valence-electron chi connectivity index (χ0n) is 11.9. The Hall–Kier alpha value is 0.137. The number of hydrogen-bond donors (Lipinski definition) is 0. The normalized spacial score (nSPS) is 26.1. The maximum Gasteiger partial charge on any atom is 0.338 e. The van der Waals surface area contributed by atoms with Gasteiger partial charge in [-0.25, -0.2) is 0 Å². The van der Waals surface area contributed by atoms with E-state index in [1.165, 1.54) is 38.5 Å². The molecule has 0 aromatic carbocycles. The molecule has 2 nitrogen and oxygen atoms in total. The van der Waals surface area contributed by atoms with Crippen molar-refractivity contribution in [1.82, 2.24) is 0 Å². The molecule has 0 bridgehead atoms. The molecular formula is C14H28O2Si. The van der Waals surface area contributed by atoms with Gasteiger partial charge in [0.25, 0.3) is 0 Å². The van der Waals surface area contributed by atoms with E-state index >= 15 is 0 Å². The Morgan fingerprint density at radius 3 is 2.18 bits per heavy atom. The Bertz CT molecular complexity index is 257. The minimum Gasteiger partial charge on any atom is -0.394 e. The lowest BCUT2D eigenvalue weighted by molar-refractivity contribution is 0.00496. The van der Waals surface area contributed by atoms with Gasteiger partial charge >= 0.3 is 8.56 Å². The molecule has 0 aliphatic heterocycles. The van der Waals surface area contributed by atoms with E-state index < -0.39 is 8.56 Å². The van der Waals surface area contributed by atoms with Gasteiger partial charge in [-0.15, -0.1) is 0 Å². The van der Waals surface area contributed by atoms with Crippen LogP contribution >= 0.6 is 0 Å². The molecule has 0 saturated heterocycles. The van der Waals surface area contributed by atoms with E-state index in [9.17, 15) is 0 Å². The first-order valence-electron chi connectivity index (χ1n) is 7.32. The minimum absolute atomic E-state index is 0.0230. The molecule has 2 rings (SSSR count). The molecule has 0 heterocycles. The molecule has 0 aromatic rings. The lowest BCUT2D eigenvalue weighted by Crippen LogP contribution is -2.49. The van der Waals surface area contributed by atoms with Crippen molar-refractivity contribution >= 4 is 8.56 Å². The molecule has 1 atom stereocenters. The highest BCUT2D eigenvalue weighted by Gasteiger charge is 2.51. The van der Waals surface area contributed by atoms with E-state index in [4.69, 9.17) is 8.85 Å². The van der Waals surface area contributed by atoms with Crippen LogP contribution in [0.5, 0.6) is 0 Å². The van der Waals surface area contributed by atoms with Crippen molar-refractivity contribution in [3.8, 4) is 0 Å². The van der Waals surface area contributed by atoms with Gasteiger partial charge in [-0.3, -0.25) is 0 Å². The van der Waals surface area contributed by atoms with Crippen LogP contribution in [0, 0.1) is 5.92 Å². The van der Waals surface area contributed by atoms with Crippen LogP contribution in [-0.4, -0.2) is 20.8 Å². The van der Waals surface area contributed by atoms with E-state index in [0.717, 1.165) is 18.1 Å². The van der Waals surface area contributed by atoms with Crippen molar-refractivity contribution < 1.29 is 8.85 Å². The topological polar surface area (TPSA) is 18.5 Å². The standard InChI is InChI=1S/C14H28O2Si/c1-5-15-17(4,13-10-11-13)16-14(2,3)12-8-6-7-9-12/h12-13H,5-11H2,1-4H3. The molecular weight excluding hydrogens is 228 g/mol. The van der Waals surface area contributed by atoms with Crippen molar-refractivity contribution in [2.75, 3.05) is 6.61 Å². The van der Waals surface area contributed by atoms with Gasteiger partial charge < -0.3 is 8.85 Å². The average Bonchev–Trinajstić information content (AvgIpc) is 2.94. The summed E-state index contributed by atoms with van der Waals surface area (Å²) in [5.41, 5.74) is 0.776. The van der Waals surface area contributed by atoms with Crippen molar-refractivity contribution in [2.45, 2.75) is 77.0 Å². The lowest BCUT2D eigenvalue weighted by atomic mass is 9.90. The molecule has 3 heteroatoms. The highest BCUT2D eigenvalue weighted by Crippen LogP contribution is 2.49. The van der Waals surface area contributed by atoms with Gasteiger partial charge in [0, 0.05) is 12.1 Å². The Morgan fingerprint density at radius 1 is 1.12 bits per heavy atom. The Kier molecular flexibility index (Phi) is 4.01. The van der Waals surface area contributed by atoms with Crippen LogP contribution in [0.4, 0.5) is 0 Å². The van der Waals surface area contributed by atoms with Crippen LogP contribution in [0.1, 0.15) is 59.3 Å². The first-order chi connectivity index (χ1) is 7.98. The molecule has 2 aliphatic rings. The first kappa shape index (κ1) is 13.6. The summed E-state index contributed by atoms with van der Waals surface area (Å²) >= 11 is 0. The first-order valence-corrected chi connectivity index (χ1v) is 9.71. The largest absolute Gasteiger partial charge is 0.394 e. The van der Waals surface area contributed by atoms with Gasteiger partial charge in [-0.05, 0) is 58.9 Å². The van der Waals surface area contributed by atoms with Gasteiger partial charge in [0.1, 0.15) is 0 Å². The molecule has 2 saturated carbocycles. The van der Waals surface area contributed by atoms with Crippen molar-refractivity contribution in [2.24, 2.45) is 5.92 Å². The fourth-order valence-corrected chi connectivity index (χ4v) is 6.81. The maximum absolute atomic E-state index is 6.59. The predicted octanol–water partition coefficient (Wildman–Crippen LogP) is 4.24. The molecule has 2 aliphatic carbocycles. The van der Waals surface area contributed by atoms with Crippen LogP contribution in [0.2, 0.25) is 12.1 Å². The van der Waals surface area contributed by atoms with E-state index in [0.29, 0.717) is 0 Å². The second-order valence-corrected chi connectivity index (χ2v) is 9.75. The number of rotatable bonds is 6. The third kappa shape index (κ3) is 3.12. The summed E-state index contributed by atoms with van der Waals surface area (Å²) in [6.45, 7) is 9.76. The van der Waals surface area contributed by atoms with E-state index in [1.807, 2.05) is 0 Å². The summed E-state index contributed by atoms with van der Waals surface area (Å²) in [7, 11) is -1.92. The Labute approximate surface area is 107 Å². The number of hydrogen-bond acceptors (Lipinski definition) is 2. The van der Waals surface area contributed by atoms with Crippen LogP contribution in [0.3, 0.4) is 0 Å². The zero-order chi connectivity index (χ0) is 12.5. The van der Waals surface area contributed by atoms with Gasteiger partial charge in [-0.2, -0.15) is 0 Å². The molecule has 0 radical (unpaired) electrons. The van der Waals surface area contributed by atoms with Crippen molar-refractivity contribution in [3.05, 3.63) is 0 Å². The SMILES string of the molecule is CCO[Si](C)(OC(C)(C)C1CCCC1)C1CC1. The third-order valence-electron chi connectivity index (χ3n) is 4.55. The summed E-state index contributed by atoms with van der Waals surface area (Å²) in [6, 6.07) is 0. The van der Waals surface area contributed by atoms with E-state index in [2.05, 4.69) is 27.3 Å². The summed E-state index contributed by atoms with van der Waals surface area (Å²) in [6.07, 6.45) is 8.09. The molecule has 2 fully saturated rings. The van der Waals surface area contributed by atoms with Gasteiger partial charge in [0.15, 0.2) is 0 Å². The maximum atomic E-state index is 6.59. The fraction of sp³-hybridized carbons (Fsp3) is 1.00. The van der Waals surface area contributed by atoms with E-state index in [1.54, 1.807) is 0 Å². The third-order valence-corrected chi connectivity index (χ3v) is 8.41. The van der Waals surface area contributed by atoms with Gasteiger partial charge in [0.05, 0.1) is 5.60 Å². The van der Waals surface area contributed by atoms with E-state index in [-0.39, 0.29) is 5.60 Å². The summed E-state index contributed by atoms with van der Waals surface area (Å²) < 4.78 is 12.7. The van der Waals surface area contributed by atoms with Gasteiger partial charge in [-0.1, -0.05) is 12.8 Å². The highest BCUT2D eigenvalue weighted by molar-refractivity contribution is 6.68. The Balaban J connectivity index is 2.00. The second kappa shape index (κ2) is 5.02. The molecule has 17 heavy (non-hydrogen) atoms. The minimum atomic E-state index is -1.92. The van der Waals surface area contributed by atoms with Crippen LogP contribution in [-0.2, 0) is 8.85 Å². The molecule has 1 unspecified atom stereocenters. The highest BCUT2D eigenvalue weighted by atomic mass is 28.4. The quantitative estimate of drug-likeness (QED) is 0.662. The summed E-state index contributed by atoms with van der Waals surface area (Å²) in [5.74, 6) is 0.744. The zero-order valence-corrected chi connectivity index (χ0v) is 12.9. The second-order valence-electron chi connectivity index (χ2n) is 6.41. The van der Waals surface area contributed by atoms with Crippen molar-refractivity contribution in [1.29, 1.82) is 0 Å². The smallest absolute Gasteiger partial charge is 0.338 e.